The largest absolute Gasteiger partial charge is 0.335 e. The molecule has 1 saturated heterocycles. The summed E-state index contributed by atoms with van der Waals surface area (Å²) in [6.45, 7) is 5.57. The van der Waals surface area contributed by atoms with E-state index in [-0.39, 0.29) is 36.8 Å². The minimum Gasteiger partial charge on any atom is -0.335 e. The Hall–Kier alpha value is -1.38. The number of thiophene rings is 1. The van der Waals surface area contributed by atoms with E-state index in [1.165, 1.54) is 16.9 Å². The van der Waals surface area contributed by atoms with E-state index in [0.717, 1.165) is 38.2 Å². The van der Waals surface area contributed by atoms with Crippen LogP contribution in [0.5, 0.6) is 0 Å². The first kappa shape index (κ1) is 22.9. The molecule has 3 N–H and O–H groups in total. The van der Waals surface area contributed by atoms with Crippen LogP contribution >= 0.6 is 47.5 Å². The summed E-state index contributed by atoms with van der Waals surface area (Å²) >= 11 is 3.06. The lowest BCUT2D eigenvalue weighted by Crippen LogP contribution is -2.33. The summed E-state index contributed by atoms with van der Waals surface area (Å²) in [5, 5.41) is 4.24. The van der Waals surface area contributed by atoms with Crippen molar-refractivity contribution < 1.29 is 4.79 Å². The molecule has 3 heterocycles. The fraction of sp³-hybridized carbons (Fsp3) is 0.368. The third kappa shape index (κ3) is 4.44. The van der Waals surface area contributed by atoms with Gasteiger partial charge in [0.1, 0.15) is 4.83 Å². The van der Waals surface area contributed by atoms with Crippen molar-refractivity contribution in [2.75, 3.05) is 18.4 Å². The van der Waals surface area contributed by atoms with Crippen LogP contribution in [-0.4, -0.2) is 34.9 Å². The molecule has 152 valence electrons. The van der Waals surface area contributed by atoms with E-state index < -0.39 is 0 Å². The van der Waals surface area contributed by atoms with Gasteiger partial charge in [0, 0.05) is 18.3 Å². The number of aromatic nitrogens is 1. The van der Waals surface area contributed by atoms with Crippen molar-refractivity contribution in [2.45, 2.75) is 26.3 Å². The van der Waals surface area contributed by atoms with Crippen LogP contribution < -0.4 is 11.1 Å². The first-order valence-corrected chi connectivity index (χ1v) is 10.4. The molecule has 1 aliphatic heterocycles. The molecular formula is C19H24Cl2N4OS2. The third-order valence-corrected chi connectivity index (χ3v) is 7.01. The summed E-state index contributed by atoms with van der Waals surface area (Å²) in [5.74, 6) is 0.523. The molecular weight excluding hydrogens is 435 g/mol. The number of amides is 1. The topological polar surface area (TPSA) is 71.2 Å². The number of rotatable bonds is 4. The molecule has 0 bridgehead atoms. The van der Waals surface area contributed by atoms with Crippen LogP contribution in [0.15, 0.2) is 30.3 Å². The van der Waals surface area contributed by atoms with Crippen molar-refractivity contribution in [3.8, 4) is 0 Å². The molecule has 1 fully saturated rings. The standard InChI is InChI=1S/C19H22N4OS2.2ClH/c1-11-5-3-4-6-14(11)21-19-22-17-15(26-19)8-16(25-17)18(24)23-10-13(9-20)7-12(23)2;;/h3-6,8,12-13H,7,9-10,20H2,1-2H3,(H,21,22);2*1H. The van der Waals surface area contributed by atoms with E-state index in [1.807, 2.05) is 29.2 Å². The normalized spacial score (nSPS) is 18.6. The Morgan fingerprint density at radius 1 is 1.32 bits per heavy atom. The number of carbonyl (C=O) groups excluding carboxylic acids is 1. The Labute approximate surface area is 185 Å². The number of likely N-dealkylation sites (tertiary alicyclic amines) is 1. The number of benzene rings is 1. The van der Waals surface area contributed by atoms with Gasteiger partial charge in [0.2, 0.25) is 0 Å². The van der Waals surface area contributed by atoms with Crippen LogP contribution in [0.3, 0.4) is 0 Å². The number of nitrogens with one attached hydrogen (secondary N) is 1. The van der Waals surface area contributed by atoms with Gasteiger partial charge in [0.15, 0.2) is 5.13 Å². The molecule has 2 atom stereocenters. The number of anilines is 2. The van der Waals surface area contributed by atoms with Crippen molar-refractivity contribution in [1.82, 2.24) is 9.88 Å². The van der Waals surface area contributed by atoms with Crippen molar-refractivity contribution in [1.29, 1.82) is 0 Å². The second-order valence-electron chi connectivity index (χ2n) is 6.88. The zero-order valence-electron chi connectivity index (χ0n) is 15.7. The minimum atomic E-state index is 0. The van der Waals surface area contributed by atoms with Crippen LogP contribution in [0, 0.1) is 12.8 Å². The Morgan fingerprint density at radius 3 is 2.71 bits per heavy atom. The van der Waals surface area contributed by atoms with E-state index in [1.54, 1.807) is 11.3 Å². The number of nitrogens with two attached hydrogens (primary N) is 1. The Balaban J connectivity index is 0.00000140. The predicted octanol–water partition coefficient (Wildman–Crippen LogP) is 5.06. The highest BCUT2D eigenvalue weighted by molar-refractivity contribution is 7.29. The SMILES string of the molecule is Cc1ccccc1Nc1nc2sc(C(=O)N3CC(CN)CC3C)cc2s1.Cl.Cl. The van der Waals surface area contributed by atoms with E-state index >= 15 is 0 Å². The van der Waals surface area contributed by atoms with E-state index in [9.17, 15) is 4.79 Å². The van der Waals surface area contributed by atoms with Crippen molar-refractivity contribution in [2.24, 2.45) is 11.7 Å². The lowest BCUT2D eigenvalue weighted by Gasteiger charge is -2.20. The summed E-state index contributed by atoms with van der Waals surface area (Å²) in [4.78, 5) is 21.2. The van der Waals surface area contributed by atoms with Gasteiger partial charge in [0.05, 0.1) is 9.58 Å². The number of thiazole rings is 1. The first-order valence-electron chi connectivity index (χ1n) is 8.79. The lowest BCUT2D eigenvalue weighted by molar-refractivity contribution is 0.0748. The Kier molecular flexibility index (Phi) is 7.70. The number of nitrogens with zero attached hydrogens (tertiary/aromatic N) is 2. The van der Waals surface area contributed by atoms with Crippen LogP contribution in [0.25, 0.3) is 9.53 Å². The van der Waals surface area contributed by atoms with Gasteiger partial charge in [-0.1, -0.05) is 29.5 Å². The van der Waals surface area contributed by atoms with Gasteiger partial charge in [-0.3, -0.25) is 4.79 Å². The smallest absolute Gasteiger partial charge is 0.264 e. The molecule has 1 aromatic carbocycles. The summed E-state index contributed by atoms with van der Waals surface area (Å²) < 4.78 is 1.05. The average molecular weight is 459 g/mol. The van der Waals surface area contributed by atoms with E-state index in [0.29, 0.717) is 12.5 Å². The summed E-state index contributed by atoms with van der Waals surface area (Å²) in [5.41, 5.74) is 8.02. The highest BCUT2D eigenvalue weighted by Crippen LogP contribution is 2.36. The Morgan fingerprint density at radius 2 is 2.07 bits per heavy atom. The minimum absolute atomic E-state index is 0. The monoisotopic (exact) mass is 458 g/mol. The first-order chi connectivity index (χ1) is 12.5. The van der Waals surface area contributed by atoms with E-state index in [4.69, 9.17) is 5.73 Å². The third-order valence-electron chi connectivity index (χ3n) is 4.94. The van der Waals surface area contributed by atoms with Crippen LogP contribution in [0.4, 0.5) is 10.8 Å². The summed E-state index contributed by atoms with van der Waals surface area (Å²) in [6, 6.07) is 10.4. The molecule has 0 saturated carbocycles. The van der Waals surface area contributed by atoms with Gasteiger partial charge >= 0.3 is 0 Å². The zero-order valence-corrected chi connectivity index (χ0v) is 18.9. The van der Waals surface area contributed by atoms with Crippen LogP contribution in [0.1, 0.15) is 28.6 Å². The maximum absolute atomic E-state index is 12.9. The molecule has 5 nitrogen and oxygen atoms in total. The number of para-hydroxylation sites is 1. The molecule has 1 amide bonds. The highest BCUT2D eigenvalue weighted by Gasteiger charge is 2.33. The van der Waals surface area contributed by atoms with Crippen molar-refractivity contribution >= 4 is 73.7 Å². The summed E-state index contributed by atoms with van der Waals surface area (Å²) in [7, 11) is 0. The second-order valence-corrected chi connectivity index (χ2v) is 8.94. The van der Waals surface area contributed by atoms with Gasteiger partial charge in [-0.05, 0) is 50.4 Å². The van der Waals surface area contributed by atoms with Gasteiger partial charge < -0.3 is 16.0 Å². The number of halogens is 2. The van der Waals surface area contributed by atoms with Gasteiger partial charge in [-0.2, -0.15) is 0 Å². The number of hydrogen-bond donors (Lipinski definition) is 2. The number of hydrogen-bond acceptors (Lipinski definition) is 6. The fourth-order valence-electron chi connectivity index (χ4n) is 3.46. The van der Waals surface area contributed by atoms with Gasteiger partial charge in [-0.15, -0.1) is 36.2 Å². The van der Waals surface area contributed by atoms with Crippen molar-refractivity contribution in [3.05, 3.63) is 40.8 Å². The van der Waals surface area contributed by atoms with Gasteiger partial charge in [-0.25, -0.2) is 4.98 Å². The fourth-order valence-corrected chi connectivity index (χ4v) is 5.54. The maximum atomic E-state index is 12.9. The van der Waals surface area contributed by atoms with Crippen LogP contribution in [-0.2, 0) is 0 Å². The Bertz CT molecular complexity index is 927. The number of aryl methyl sites for hydroxylation is 1. The maximum Gasteiger partial charge on any atom is 0.264 e. The molecule has 1 aliphatic rings. The number of carbonyl (C=O) groups is 1. The second kappa shape index (κ2) is 9.41. The lowest BCUT2D eigenvalue weighted by atomic mass is 10.1. The molecule has 3 aromatic rings. The quantitative estimate of drug-likeness (QED) is 0.572. The van der Waals surface area contributed by atoms with Gasteiger partial charge in [0.25, 0.3) is 5.91 Å². The van der Waals surface area contributed by atoms with E-state index in [2.05, 4.69) is 30.2 Å². The molecule has 28 heavy (non-hydrogen) atoms. The predicted molar refractivity (Wildman–Crippen MR) is 124 cm³/mol. The molecule has 0 aliphatic carbocycles. The molecule has 4 rings (SSSR count). The van der Waals surface area contributed by atoms with Crippen LogP contribution in [0.2, 0.25) is 0 Å². The average Bonchev–Trinajstić information content (AvgIpc) is 3.29. The summed E-state index contributed by atoms with van der Waals surface area (Å²) in [6.07, 6.45) is 0.991. The molecule has 2 unspecified atom stereocenters. The highest BCUT2D eigenvalue weighted by atomic mass is 35.5. The van der Waals surface area contributed by atoms with Crippen molar-refractivity contribution in [3.63, 3.8) is 0 Å². The molecule has 9 heteroatoms. The molecule has 2 aromatic heterocycles. The molecule has 0 spiro atoms. The molecule has 0 radical (unpaired) electrons. The number of fused-ring (bicyclic) bond motifs is 1. The zero-order chi connectivity index (χ0) is 18.3.